The monoisotopic (exact) mass is 464 g/mol. The van der Waals surface area contributed by atoms with Gasteiger partial charge in [-0.25, -0.2) is 4.98 Å². The topological polar surface area (TPSA) is 99.9 Å². The first-order valence-electron chi connectivity index (χ1n) is 11.8. The molecule has 0 amide bonds. The fourth-order valence-electron chi connectivity index (χ4n) is 4.94. The second-order valence-electron chi connectivity index (χ2n) is 9.57. The Bertz CT molecular complexity index is 1400. The zero-order valence-electron chi connectivity index (χ0n) is 19.4. The molecule has 0 N–H and O–H groups in total. The highest BCUT2D eigenvalue weighted by molar-refractivity contribution is 5.83. The van der Waals surface area contributed by atoms with Crippen molar-refractivity contribution in [3.63, 3.8) is 0 Å². The lowest BCUT2D eigenvalue weighted by Gasteiger charge is -2.27. The van der Waals surface area contributed by atoms with E-state index in [4.69, 9.17) is 14.0 Å². The summed E-state index contributed by atoms with van der Waals surface area (Å²) in [5, 5.41) is 4.15. The van der Waals surface area contributed by atoms with Gasteiger partial charge in [0.2, 0.25) is 5.82 Å². The van der Waals surface area contributed by atoms with Gasteiger partial charge in [-0.2, -0.15) is 4.98 Å². The van der Waals surface area contributed by atoms with Crippen LogP contribution in [0.5, 0.6) is 0 Å². The molecule has 10 heteroatoms. The van der Waals surface area contributed by atoms with Crippen LogP contribution >= 0.6 is 0 Å². The van der Waals surface area contributed by atoms with Crippen LogP contribution in [0, 0.1) is 0 Å². The van der Waals surface area contributed by atoms with E-state index in [2.05, 4.69) is 33.9 Å². The summed E-state index contributed by atoms with van der Waals surface area (Å²) in [4.78, 5) is 25.2. The van der Waals surface area contributed by atoms with E-state index < -0.39 is 0 Å². The number of hydrogen-bond donors (Lipinski definition) is 0. The fourth-order valence-corrected chi connectivity index (χ4v) is 4.94. The van der Waals surface area contributed by atoms with Crippen molar-refractivity contribution >= 4 is 16.6 Å². The highest BCUT2D eigenvalue weighted by Crippen LogP contribution is 2.38. The molecule has 1 aromatic carbocycles. The third-order valence-electron chi connectivity index (χ3n) is 6.79. The summed E-state index contributed by atoms with van der Waals surface area (Å²) in [6.45, 7) is 8.65. The van der Waals surface area contributed by atoms with Gasteiger partial charge in [0, 0.05) is 26.2 Å². The largest absolute Gasteiger partial charge is 0.379 e. The van der Waals surface area contributed by atoms with Crippen molar-refractivity contribution in [2.45, 2.75) is 44.9 Å². The van der Waals surface area contributed by atoms with Crippen molar-refractivity contribution in [1.29, 1.82) is 0 Å². The maximum absolute atomic E-state index is 13.8. The Kier molecular flexibility index (Phi) is 5.23. The summed E-state index contributed by atoms with van der Waals surface area (Å²) in [6.07, 6.45) is 3.19. The molecule has 10 nitrogen and oxygen atoms in total. The van der Waals surface area contributed by atoms with Crippen LogP contribution in [0.2, 0.25) is 0 Å². The molecule has 0 saturated carbocycles. The molecule has 0 bridgehead atoms. The summed E-state index contributed by atoms with van der Waals surface area (Å²) >= 11 is 0. The first-order chi connectivity index (χ1) is 16.5. The van der Waals surface area contributed by atoms with E-state index in [1.807, 2.05) is 33.2 Å². The average Bonchev–Trinajstić information content (AvgIpc) is 3.57. The third-order valence-corrected chi connectivity index (χ3v) is 6.79. The molecule has 5 heterocycles. The normalized spacial score (nSPS) is 21.1. The van der Waals surface area contributed by atoms with Gasteiger partial charge in [0.15, 0.2) is 5.69 Å². The quantitative estimate of drug-likeness (QED) is 0.444. The van der Waals surface area contributed by atoms with Gasteiger partial charge in [-0.1, -0.05) is 17.3 Å². The molecular weight excluding hydrogens is 436 g/mol. The van der Waals surface area contributed by atoms with Crippen molar-refractivity contribution in [3.8, 4) is 11.6 Å². The molecular formula is C24H28N6O4. The van der Waals surface area contributed by atoms with Crippen molar-refractivity contribution < 1.29 is 14.0 Å². The van der Waals surface area contributed by atoms with E-state index in [1.54, 1.807) is 6.33 Å². The molecule has 34 heavy (non-hydrogen) atoms. The third kappa shape index (κ3) is 3.71. The number of benzene rings is 1. The zero-order chi connectivity index (χ0) is 23.3. The Balaban J connectivity index is 1.41. The molecule has 2 saturated heterocycles. The first kappa shape index (κ1) is 21.5. The van der Waals surface area contributed by atoms with Crippen LogP contribution in [-0.4, -0.2) is 67.4 Å². The number of hydrogen-bond acceptors (Lipinski definition) is 8. The number of fused-ring (bicyclic) bond motifs is 3. The van der Waals surface area contributed by atoms with Gasteiger partial charge in [0.05, 0.1) is 29.8 Å². The van der Waals surface area contributed by atoms with E-state index in [1.165, 1.54) is 0 Å². The number of rotatable bonds is 5. The molecule has 0 radical (unpaired) electrons. The fraction of sp³-hybridized carbons (Fsp3) is 0.500. The molecule has 4 aromatic rings. The van der Waals surface area contributed by atoms with E-state index in [0.29, 0.717) is 23.6 Å². The Labute approximate surface area is 196 Å². The van der Waals surface area contributed by atoms with Crippen molar-refractivity contribution in [2.24, 2.45) is 0 Å². The Hall–Kier alpha value is -3.08. The highest BCUT2D eigenvalue weighted by atomic mass is 16.5. The van der Waals surface area contributed by atoms with Crippen molar-refractivity contribution in [1.82, 2.24) is 29.0 Å². The van der Waals surface area contributed by atoms with E-state index >= 15 is 0 Å². The summed E-state index contributed by atoms with van der Waals surface area (Å²) in [5.41, 5.74) is 2.26. The van der Waals surface area contributed by atoms with Crippen LogP contribution in [0.1, 0.15) is 38.6 Å². The second kappa shape index (κ2) is 8.30. The lowest BCUT2D eigenvalue weighted by atomic mass is 10.1. The molecule has 6 rings (SSSR count). The molecule has 2 aliphatic heterocycles. The maximum Gasteiger partial charge on any atom is 0.279 e. The van der Waals surface area contributed by atoms with Gasteiger partial charge in [0.25, 0.3) is 11.4 Å². The van der Waals surface area contributed by atoms with Gasteiger partial charge < -0.3 is 18.6 Å². The van der Waals surface area contributed by atoms with E-state index in [-0.39, 0.29) is 23.2 Å². The average molecular weight is 465 g/mol. The Morgan fingerprint density at radius 3 is 2.68 bits per heavy atom. The minimum absolute atomic E-state index is 0.127. The first-order valence-corrected chi connectivity index (χ1v) is 11.8. The lowest BCUT2D eigenvalue weighted by molar-refractivity contribution is -0.0207. The van der Waals surface area contributed by atoms with Gasteiger partial charge in [-0.15, -0.1) is 0 Å². The summed E-state index contributed by atoms with van der Waals surface area (Å²) in [6, 6.07) is 7.87. The van der Waals surface area contributed by atoms with Crippen LogP contribution in [0.15, 0.2) is 39.9 Å². The predicted octanol–water partition coefficient (Wildman–Crippen LogP) is 2.66. The van der Waals surface area contributed by atoms with Gasteiger partial charge >= 0.3 is 0 Å². The maximum atomic E-state index is 13.8. The number of nitrogens with zero attached hydrogens (tertiary/aromatic N) is 6. The van der Waals surface area contributed by atoms with Gasteiger partial charge in [-0.05, 0) is 38.8 Å². The molecule has 3 aromatic heterocycles. The van der Waals surface area contributed by atoms with E-state index in [0.717, 1.165) is 56.7 Å². The molecule has 2 fully saturated rings. The molecule has 2 aliphatic rings. The van der Waals surface area contributed by atoms with Crippen LogP contribution in [0.4, 0.5) is 0 Å². The number of para-hydroxylation sites is 2. The number of ether oxygens (including phenoxy) is 2. The number of aromatic nitrogens is 5. The molecule has 0 spiro atoms. The summed E-state index contributed by atoms with van der Waals surface area (Å²) in [7, 11) is 0. The second-order valence-corrected chi connectivity index (χ2v) is 9.57. The van der Waals surface area contributed by atoms with Crippen molar-refractivity contribution in [3.05, 3.63) is 46.8 Å². The molecule has 0 aliphatic carbocycles. The SMILES string of the molecule is CC1(C)CCC(c2noc(-c3ncn4c3c(=O)n(CCN3CCOCC3)c3ccccc34)n2)O1. The number of morpholine rings is 1. The van der Waals surface area contributed by atoms with Gasteiger partial charge in [0.1, 0.15) is 17.9 Å². The minimum atomic E-state index is -0.215. The highest BCUT2D eigenvalue weighted by Gasteiger charge is 2.35. The van der Waals surface area contributed by atoms with Crippen LogP contribution in [0.25, 0.3) is 28.1 Å². The Morgan fingerprint density at radius 2 is 1.91 bits per heavy atom. The molecule has 1 atom stereocenters. The summed E-state index contributed by atoms with van der Waals surface area (Å²) in [5.74, 6) is 0.730. The molecule has 1 unspecified atom stereocenters. The van der Waals surface area contributed by atoms with Gasteiger partial charge in [-0.3, -0.25) is 14.1 Å². The predicted molar refractivity (Wildman–Crippen MR) is 125 cm³/mol. The van der Waals surface area contributed by atoms with E-state index in [9.17, 15) is 4.79 Å². The Morgan fingerprint density at radius 1 is 1.12 bits per heavy atom. The standard InChI is InChI=1S/C24H28N6O4/c1-24(2)8-7-18(33-24)21-26-22(34-27-21)19-20-23(31)29(10-9-28-11-13-32-14-12-28)16-5-3-4-6-17(16)30(20)15-25-19/h3-6,15,18H,7-14H2,1-2H3. The number of imidazole rings is 1. The minimum Gasteiger partial charge on any atom is -0.379 e. The van der Waals surface area contributed by atoms with Crippen LogP contribution in [-0.2, 0) is 16.0 Å². The van der Waals surface area contributed by atoms with Crippen molar-refractivity contribution in [2.75, 3.05) is 32.8 Å². The molecule has 178 valence electrons. The summed E-state index contributed by atoms with van der Waals surface area (Å²) < 4.78 is 20.7. The zero-order valence-corrected chi connectivity index (χ0v) is 19.4. The van der Waals surface area contributed by atoms with Crippen LogP contribution in [0.3, 0.4) is 0 Å². The smallest absolute Gasteiger partial charge is 0.279 e. The lowest BCUT2D eigenvalue weighted by Crippen LogP contribution is -2.39. The van der Waals surface area contributed by atoms with Crippen LogP contribution < -0.4 is 5.56 Å².